The Labute approximate surface area is 124 Å². The molecule has 0 spiro atoms. The van der Waals surface area contributed by atoms with Gasteiger partial charge in [0.1, 0.15) is 0 Å². The second-order valence-corrected chi connectivity index (χ2v) is 6.14. The molecule has 5 nitrogen and oxygen atoms in total. The Bertz CT molecular complexity index is 436. The molecule has 0 amide bonds. The first kappa shape index (κ1) is 15.3. The van der Waals surface area contributed by atoms with E-state index in [4.69, 9.17) is 4.74 Å². The number of rotatable bonds is 6. The van der Waals surface area contributed by atoms with Gasteiger partial charge in [0, 0.05) is 18.5 Å². The molecule has 1 atom stereocenters. The Morgan fingerprint density at radius 2 is 2.50 bits per heavy atom. The van der Waals surface area contributed by atoms with Crippen molar-refractivity contribution in [3.63, 3.8) is 0 Å². The van der Waals surface area contributed by atoms with Gasteiger partial charge in [0.25, 0.3) is 0 Å². The average molecular weight is 297 g/mol. The molecule has 0 saturated carbocycles. The summed E-state index contributed by atoms with van der Waals surface area (Å²) in [5.74, 6) is 0.476. The Kier molecular flexibility index (Phi) is 5.79. The zero-order chi connectivity index (χ0) is 14.4. The summed E-state index contributed by atoms with van der Waals surface area (Å²) < 4.78 is 4.92. The Morgan fingerprint density at radius 3 is 3.25 bits per heavy atom. The van der Waals surface area contributed by atoms with Crippen molar-refractivity contribution < 1.29 is 9.53 Å². The van der Waals surface area contributed by atoms with Crippen molar-refractivity contribution in [3.8, 4) is 0 Å². The number of carbonyl (C=O) groups excluding carboxylic acids is 1. The van der Waals surface area contributed by atoms with Crippen LogP contribution in [0.15, 0.2) is 5.38 Å². The lowest BCUT2D eigenvalue weighted by atomic mass is 9.99. The maximum Gasteiger partial charge on any atom is 0.311 e. The zero-order valence-corrected chi connectivity index (χ0v) is 13.0. The summed E-state index contributed by atoms with van der Waals surface area (Å²) in [5, 5.41) is 6.21. The first-order valence-electron chi connectivity index (χ1n) is 7.19. The van der Waals surface area contributed by atoms with Crippen LogP contribution in [0.4, 0.5) is 5.13 Å². The summed E-state index contributed by atoms with van der Waals surface area (Å²) in [6, 6.07) is 0. The minimum Gasteiger partial charge on any atom is -0.466 e. The van der Waals surface area contributed by atoms with Crippen molar-refractivity contribution in [2.45, 2.75) is 26.2 Å². The highest BCUT2D eigenvalue weighted by Crippen LogP contribution is 2.19. The molecule has 0 bridgehead atoms. The van der Waals surface area contributed by atoms with Crippen LogP contribution in [0.1, 0.15) is 25.5 Å². The molecule has 0 aliphatic carbocycles. The van der Waals surface area contributed by atoms with E-state index >= 15 is 0 Å². The standard InChI is InChI=1S/C14H23N3O2S/c1-3-19-13(18)7-12-10-20-14(16-12)15-8-11-5-4-6-17(2)9-11/h10-11H,3-9H2,1-2H3,(H,15,16). The maximum absolute atomic E-state index is 11.4. The predicted octanol–water partition coefficient (Wildman–Crippen LogP) is 2.00. The van der Waals surface area contributed by atoms with Gasteiger partial charge in [0.2, 0.25) is 0 Å². The van der Waals surface area contributed by atoms with E-state index in [0.29, 0.717) is 12.5 Å². The molecule has 20 heavy (non-hydrogen) atoms. The molecule has 1 aromatic heterocycles. The van der Waals surface area contributed by atoms with Crippen LogP contribution in [0, 0.1) is 5.92 Å². The number of nitrogens with one attached hydrogen (secondary N) is 1. The quantitative estimate of drug-likeness (QED) is 0.814. The van der Waals surface area contributed by atoms with Gasteiger partial charge in [-0.15, -0.1) is 11.3 Å². The number of ether oxygens (including phenoxy) is 1. The molecule has 1 N–H and O–H groups in total. The second-order valence-electron chi connectivity index (χ2n) is 5.28. The third-order valence-corrected chi connectivity index (χ3v) is 4.30. The van der Waals surface area contributed by atoms with Crippen LogP contribution in [0.2, 0.25) is 0 Å². The summed E-state index contributed by atoms with van der Waals surface area (Å²) in [6.45, 7) is 5.54. The number of esters is 1. The molecular weight excluding hydrogens is 274 g/mol. The van der Waals surface area contributed by atoms with E-state index in [0.717, 1.165) is 23.9 Å². The molecule has 1 aromatic rings. The Morgan fingerprint density at radius 1 is 1.65 bits per heavy atom. The summed E-state index contributed by atoms with van der Waals surface area (Å²) in [5.41, 5.74) is 0.789. The van der Waals surface area contributed by atoms with Gasteiger partial charge in [-0.25, -0.2) is 4.98 Å². The highest BCUT2D eigenvalue weighted by atomic mass is 32.1. The monoisotopic (exact) mass is 297 g/mol. The summed E-state index contributed by atoms with van der Waals surface area (Å²) >= 11 is 1.56. The number of likely N-dealkylation sites (tertiary alicyclic amines) is 1. The van der Waals surface area contributed by atoms with Crippen LogP contribution in [0.3, 0.4) is 0 Å². The Balaban J connectivity index is 1.76. The average Bonchev–Trinajstić information content (AvgIpc) is 2.84. The molecule has 0 aromatic carbocycles. The fourth-order valence-corrected chi connectivity index (χ4v) is 3.22. The topological polar surface area (TPSA) is 54.5 Å². The molecular formula is C14H23N3O2S. The first-order valence-corrected chi connectivity index (χ1v) is 8.07. The molecule has 2 rings (SSSR count). The van der Waals surface area contributed by atoms with Crippen molar-refractivity contribution in [2.75, 3.05) is 38.6 Å². The van der Waals surface area contributed by atoms with Crippen molar-refractivity contribution >= 4 is 22.4 Å². The largest absolute Gasteiger partial charge is 0.466 e. The normalized spacial score (nSPS) is 19.8. The molecule has 1 aliphatic rings. The minimum atomic E-state index is -0.210. The van der Waals surface area contributed by atoms with E-state index in [1.165, 1.54) is 19.4 Å². The fourth-order valence-electron chi connectivity index (χ4n) is 2.50. The minimum absolute atomic E-state index is 0.210. The predicted molar refractivity (Wildman–Crippen MR) is 81.2 cm³/mol. The number of thiazole rings is 1. The summed E-state index contributed by atoms with van der Waals surface area (Å²) in [6.07, 6.45) is 2.81. The zero-order valence-electron chi connectivity index (χ0n) is 12.2. The summed E-state index contributed by atoms with van der Waals surface area (Å²) in [4.78, 5) is 18.2. The number of aromatic nitrogens is 1. The molecule has 1 aliphatic heterocycles. The van der Waals surface area contributed by atoms with Crippen LogP contribution >= 0.6 is 11.3 Å². The number of nitrogens with zero attached hydrogens (tertiary/aromatic N) is 2. The fraction of sp³-hybridized carbons (Fsp3) is 0.714. The van der Waals surface area contributed by atoms with Gasteiger partial charge in [-0.2, -0.15) is 0 Å². The maximum atomic E-state index is 11.4. The molecule has 2 heterocycles. The van der Waals surface area contributed by atoms with Crippen molar-refractivity contribution in [3.05, 3.63) is 11.1 Å². The van der Waals surface area contributed by atoms with E-state index in [2.05, 4.69) is 22.2 Å². The number of carbonyl (C=O) groups is 1. The third-order valence-electron chi connectivity index (χ3n) is 3.45. The smallest absolute Gasteiger partial charge is 0.311 e. The van der Waals surface area contributed by atoms with Gasteiger partial charge in [-0.1, -0.05) is 0 Å². The second kappa shape index (κ2) is 7.59. The number of piperidine rings is 1. The van der Waals surface area contributed by atoms with Gasteiger partial charge in [0.05, 0.1) is 18.7 Å². The van der Waals surface area contributed by atoms with Crippen molar-refractivity contribution in [1.29, 1.82) is 0 Å². The highest BCUT2D eigenvalue weighted by Gasteiger charge is 2.17. The SMILES string of the molecule is CCOC(=O)Cc1csc(NCC2CCCN(C)C2)n1. The van der Waals surface area contributed by atoms with Crippen LogP contribution in [0.25, 0.3) is 0 Å². The van der Waals surface area contributed by atoms with E-state index in [9.17, 15) is 4.79 Å². The van der Waals surface area contributed by atoms with E-state index in [1.54, 1.807) is 11.3 Å². The molecule has 1 fully saturated rings. The highest BCUT2D eigenvalue weighted by molar-refractivity contribution is 7.13. The van der Waals surface area contributed by atoms with Gasteiger partial charge in [0.15, 0.2) is 5.13 Å². The lowest BCUT2D eigenvalue weighted by Crippen LogP contribution is -2.35. The van der Waals surface area contributed by atoms with Crippen molar-refractivity contribution in [1.82, 2.24) is 9.88 Å². The number of hydrogen-bond acceptors (Lipinski definition) is 6. The lowest BCUT2D eigenvalue weighted by molar-refractivity contribution is -0.142. The van der Waals surface area contributed by atoms with Crippen LogP contribution in [0.5, 0.6) is 0 Å². The molecule has 1 unspecified atom stereocenters. The molecule has 6 heteroatoms. The molecule has 0 radical (unpaired) electrons. The number of hydrogen-bond donors (Lipinski definition) is 1. The van der Waals surface area contributed by atoms with Crippen LogP contribution in [-0.2, 0) is 16.0 Å². The van der Waals surface area contributed by atoms with E-state index < -0.39 is 0 Å². The molecule has 112 valence electrons. The van der Waals surface area contributed by atoms with E-state index in [-0.39, 0.29) is 12.4 Å². The van der Waals surface area contributed by atoms with Gasteiger partial charge in [-0.05, 0) is 39.3 Å². The lowest BCUT2D eigenvalue weighted by Gasteiger charge is -2.29. The van der Waals surface area contributed by atoms with Crippen LogP contribution in [-0.4, -0.2) is 49.1 Å². The van der Waals surface area contributed by atoms with Gasteiger partial charge < -0.3 is 15.0 Å². The van der Waals surface area contributed by atoms with Crippen LogP contribution < -0.4 is 5.32 Å². The molecule has 1 saturated heterocycles. The van der Waals surface area contributed by atoms with Gasteiger partial charge in [-0.3, -0.25) is 4.79 Å². The first-order chi connectivity index (χ1) is 9.67. The van der Waals surface area contributed by atoms with E-state index in [1.807, 2.05) is 12.3 Å². The Hall–Kier alpha value is -1.14. The number of anilines is 1. The van der Waals surface area contributed by atoms with Crippen molar-refractivity contribution in [2.24, 2.45) is 5.92 Å². The van der Waals surface area contributed by atoms with Gasteiger partial charge >= 0.3 is 5.97 Å². The third kappa shape index (κ3) is 4.76. The summed E-state index contributed by atoms with van der Waals surface area (Å²) in [7, 11) is 2.17.